The molecule has 127 valence electrons. The normalized spacial score (nSPS) is 10.7. The number of hydrogen-bond acceptors (Lipinski definition) is 4. The van der Waals surface area contributed by atoms with Crippen molar-refractivity contribution < 1.29 is 19.0 Å². The van der Waals surface area contributed by atoms with Crippen LogP contribution in [0.25, 0.3) is 0 Å². The van der Waals surface area contributed by atoms with Crippen LogP contribution in [0.1, 0.15) is 45.6 Å². The van der Waals surface area contributed by atoms with E-state index in [1.165, 1.54) is 0 Å². The van der Waals surface area contributed by atoms with Crippen molar-refractivity contribution in [3.63, 3.8) is 0 Å². The van der Waals surface area contributed by atoms with E-state index in [0.717, 1.165) is 36.3 Å². The SMILES string of the molecule is CCOc1cc(CC/C=C/CC[C]=O)cc(OCC)c1OCC. The van der Waals surface area contributed by atoms with E-state index < -0.39 is 0 Å². The Morgan fingerprint density at radius 2 is 1.48 bits per heavy atom. The Kier molecular flexibility index (Phi) is 9.60. The molecule has 0 bridgehead atoms. The Bertz CT molecular complexity index is 467. The van der Waals surface area contributed by atoms with Crippen molar-refractivity contribution in [1.82, 2.24) is 0 Å². The summed E-state index contributed by atoms with van der Waals surface area (Å²) >= 11 is 0. The highest BCUT2D eigenvalue weighted by Crippen LogP contribution is 2.39. The van der Waals surface area contributed by atoms with Crippen LogP contribution in [-0.2, 0) is 11.2 Å². The van der Waals surface area contributed by atoms with Gasteiger partial charge in [0.25, 0.3) is 0 Å². The zero-order valence-corrected chi connectivity index (χ0v) is 14.4. The van der Waals surface area contributed by atoms with Crippen molar-refractivity contribution >= 4 is 6.29 Å². The van der Waals surface area contributed by atoms with Crippen molar-refractivity contribution in [2.45, 2.75) is 46.5 Å². The number of allylic oxidation sites excluding steroid dienone is 2. The number of unbranched alkanes of at least 4 members (excludes halogenated alkanes) is 1. The second-order valence-corrected chi connectivity index (χ2v) is 4.91. The fourth-order valence-electron chi connectivity index (χ4n) is 2.22. The summed E-state index contributed by atoms with van der Waals surface area (Å²) in [6.07, 6.45) is 9.00. The van der Waals surface area contributed by atoms with E-state index in [1.54, 1.807) is 0 Å². The van der Waals surface area contributed by atoms with E-state index in [1.807, 2.05) is 45.3 Å². The lowest BCUT2D eigenvalue weighted by atomic mass is 10.1. The molecular weight excluding hydrogens is 292 g/mol. The molecule has 1 rings (SSSR count). The first-order valence-electron chi connectivity index (χ1n) is 8.32. The molecule has 0 aromatic heterocycles. The summed E-state index contributed by atoms with van der Waals surface area (Å²) in [5, 5.41) is 0. The molecule has 0 atom stereocenters. The molecule has 0 aliphatic carbocycles. The highest BCUT2D eigenvalue weighted by atomic mass is 16.5. The number of carbonyl (C=O) groups excluding carboxylic acids is 1. The fourth-order valence-corrected chi connectivity index (χ4v) is 2.22. The number of aryl methyl sites for hydroxylation is 1. The van der Waals surface area contributed by atoms with E-state index >= 15 is 0 Å². The molecule has 23 heavy (non-hydrogen) atoms. The number of hydrogen-bond donors (Lipinski definition) is 0. The van der Waals surface area contributed by atoms with Gasteiger partial charge in [0, 0.05) is 6.42 Å². The molecular formula is C19H27O4. The van der Waals surface area contributed by atoms with Crippen molar-refractivity contribution in [2.75, 3.05) is 19.8 Å². The van der Waals surface area contributed by atoms with Crippen molar-refractivity contribution in [3.05, 3.63) is 29.8 Å². The first-order chi connectivity index (χ1) is 11.3. The summed E-state index contributed by atoms with van der Waals surface area (Å²) in [5.41, 5.74) is 1.15. The summed E-state index contributed by atoms with van der Waals surface area (Å²) in [5.74, 6) is 2.14. The lowest BCUT2D eigenvalue weighted by Crippen LogP contribution is -2.03. The van der Waals surface area contributed by atoms with Crippen LogP contribution in [0, 0.1) is 0 Å². The summed E-state index contributed by atoms with van der Waals surface area (Å²) in [7, 11) is 0. The van der Waals surface area contributed by atoms with Gasteiger partial charge in [-0.15, -0.1) is 0 Å². The van der Waals surface area contributed by atoms with Crippen LogP contribution < -0.4 is 14.2 Å². The molecule has 4 heteroatoms. The predicted octanol–water partition coefficient (Wildman–Crippen LogP) is 4.26. The topological polar surface area (TPSA) is 44.8 Å². The molecule has 1 aromatic rings. The van der Waals surface area contributed by atoms with E-state index in [4.69, 9.17) is 14.2 Å². The van der Waals surface area contributed by atoms with Gasteiger partial charge in [0.2, 0.25) is 5.75 Å². The summed E-state index contributed by atoms with van der Waals surface area (Å²) < 4.78 is 17.1. The standard InChI is InChI=1S/C19H27O4/c1-4-21-17-14-16(12-10-8-7-9-11-13-20)15-18(22-5-2)19(17)23-6-3/h7-8,14-15H,4-6,9-12H2,1-3H3/b8-7+. The molecule has 0 aliphatic heterocycles. The minimum absolute atomic E-state index is 0.461. The van der Waals surface area contributed by atoms with Gasteiger partial charge in [0.15, 0.2) is 17.8 Å². The molecule has 0 saturated heterocycles. The third-order valence-electron chi connectivity index (χ3n) is 3.15. The molecule has 4 nitrogen and oxygen atoms in total. The summed E-state index contributed by atoms with van der Waals surface area (Å²) in [6, 6.07) is 4.04. The Hall–Kier alpha value is -1.97. The molecule has 0 N–H and O–H groups in total. The minimum Gasteiger partial charge on any atom is -0.490 e. The lowest BCUT2D eigenvalue weighted by molar-refractivity contribution is 0.260. The smallest absolute Gasteiger partial charge is 0.203 e. The van der Waals surface area contributed by atoms with Gasteiger partial charge in [-0.25, -0.2) is 0 Å². The summed E-state index contributed by atoms with van der Waals surface area (Å²) in [6.45, 7) is 7.58. The first-order valence-corrected chi connectivity index (χ1v) is 8.32. The van der Waals surface area contributed by atoms with Gasteiger partial charge in [-0.2, -0.15) is 0 Å². The van der Waals surface area contributed by atoms with Gasteiger partial charge in [-0.3, -0.25) is 4.79 Å². The van der Waals surface area contributed by atoms with E-state index in [2.05, 4.69) is 6.08 Å². The van der Waals surface area contributed by atoms with E-state index in [9.17, 15) is 4.79 Å². The zero-order valence-electron chi connectivity index (χ0n) is 14.4. The predicted molar refractivity (Wildman–Crippen MR) is 92.3 cm³/mol. The van der Waals surface area contributed by atoms with Crippen LogP contribution in [0.3, 0.4) is 0 Å². The first kappa shape index (κ1) is 19.1. The Balaban J connectivity index is 2.85. The number of rotatable bonds is 12. The Morgan fingerprint density at radius 1 is 0.913 bits per heavy atom. The highest BCUT2D eigenvalue weighted by molar-refractivity contribution is 5.54. The third-order valence-corrected chi connectivity index (χ3v) is 3.15. The maximum atomic E-state index is 10.1. The maximum absolute atomic E-state index is 10.1. The van der Waals surface area contributed by atoms with Crippen LogP contribution >= 0.6 is 0 Å². The van der Waals surface area contributed by atoms with Crippen LogP contribution in [0.4, 0.5) is 0 Å². The molecule has 0 fully saturated rings. The number of benzene rings is 1. The minimum atomic E-state index is 0.461. The van der Waals surface area contributed by atoms with Crippen LogP contribution in [0.15, 0.2) is 24.3 Å². The second-order valence-electron chi connectivity index (χ2n) is 4.91. The van der Waals surface area contributed by atoms with Crippen molar-refractivity contribution in [1.29, 1.82) is 0 Å². The number of ether oxygens (including phenoxy) is 3. The zero-order chi connectivity index (χ0) is 16.9. The van der Waals surface area contributed by atoms with Crippen molar-refractivity contribution in [3.8, 4) is 17.2 Å². The highest BCUT2D eigenvalue weighted by Gasteiger charge is 2.14. The molecule has 0 heterocycles. The van der Waals surface area contributed by atoms with E-state index in [-0.39, 0.29) is 0 Å². The monoisotopic (exact) mass is 319 g/mol. The molecule has 0 saturated carbocycles. The molecule has 1 radical (unpaired) electrons. The van der Waals surface area contributed by atoms with Gasteiger partial charge in [-0.05, 0) is 57.7 Å². The average molecular weight is 319 g/mol. The molecule has 0 unspecified atom stereocenters. The largest absolute Gasteiger partial charge is 0.490 e. The Labute approximate surface area is 139 Å². The van der Waals surface area contributed by atoms with Crippen LogP contribution in [0.5, 0.6) is 17.2 Å². The van der Waals surface area contributed by atoms with E-state index in [0.29, 0.717) is 32.0 Å². The molecule has 0 amide bonds. The van der Waals surface area contributed by atoms with Gasteiger partial charge >= 0.3 is 0 Å². The van der Waals surface area contributed by atoms with Gasteiger partial charge in [0.1, 0.15) is 0 Å². The fraction of sp³-hybridized carbons (Fsp3) is 0.526. The van der Waals surface area contributed by atoms with Crippen molar-refractivity contribution in [2.24, 2.45) is 0 Å². The van der Waals surface area contributed by atoms with Gasteiger partial charge < -0.3 is 14.2 Å². The Morgan fingerprint density at radius 3 is 2.00 bits per heavy atom. The molecule has 0 spiro atoms. The molecule has 0 aliphatic rings. The van der Waals surface area contributed by atoms with Crippen LogP contribution in [-0.4, -0.2) is 26.1 Å². The third kappa shape index (κ3) is 6.76. The average Bonchev–Trinajstić information content (AvgIpc) is 2.54. The summed E-state index contributed by atoms with van der Waals surface area (Å²) in [4.78, 5) is 10.1. The second kappa shape index (κ2) is 11.6. The maximum Gasteiger partial charge on any atom is 0.203 e. The quantitative estimate of drug-likeness (QED) is 0.426. The van der Waals surface area contributed by atoms with Gasteiger partial charge in [0.05, 0.1) is 19.8 Å². The van der Waals surface area contributed by atoms with Crippen LogP contribution in [0.2, 0.25) is 0 Å². The van der Waals surface area contributed by atoms with Gasteiger partial charge in [-0.1, -0.05) is 12.2 Å². The lowest BCUT2D eigenvalue weighted by Gasteiger charge is -2.17. The molecule has 1 aromatic carbocycles.